The van der Waals surface area contributed by atoms with Gasteiger partial charge in [0.25, 0.3) is 0 Å². The summed E-state index contributed by atoms with van der Waals surface area (Å²) < 4.78 is 0. The van der Waals surface area contributed by atoms with Crippen molar-refractivity contribution < 1.29 is 0 Å². The van der Waals surface area contributed by atoms with E-state index in [1.807, 2.05) is 11.1 Å². The van der Waals surface area contributed by atoms with Crippen LogP contribution in [-0.2, 0) is 0 Å². The zero-order valence-corrected chi connectivity index (χ0v) is 15.1. The Labute approximate surface area is 147 Å². The molecule has 0 bridgehead atoms. The predicted molar refractivity (Wildman–Crippen MR) is 101 cm³/mol. The van der Waals surface area contributed by atoms with E-state index >= 15 is 0 Å². The van der Waals surface area contributed by atoms with Gasteiger partial charge in [-0.05, 0) is 85.3 Å². The fraction of sp³-hybridized carbons (Fsp3) is 0.583. The first-order valence-electron chi connectivity index (χ1n) is 10.2. The smallest absolute Gasteiger partial charge is 0.00270 e. The van der Waals surface area contributed by atoms with Crippen LogP contribution in [0, 0.1) is 17.3 Å². The molecular formula is C24H30. The lowest BCUT2D eigenvalue weighted by atomic mass is 9.57. The van der Waals surface area contributed by atoms with Crippen molar-refractivity contribution in [2.75, 3.05) is 0 Å². The van der Waals surface area contributed by atoms with Gasteiger partial charge < -0.3 is 0 Å². The van der Waals surface area contributed by atoms with E-state index < -0.39 is 0 Å². The minimum atomic E-state index is 0.655. The molecule has 0 amide bonds. The second kappa shape index (κ2) is 5.61. The van der Waals surface area contributed by atoms with Crippen LogP contribution in [0.25, 0.3) is 0 Å². The summed E-state index contributed by atoms with van der Waals surface area (Å²) in [7, 11) is 0. The van der Waals surface area contributed by atoms with Crippen LogP contribution in [-0.4, -0.2) is 0 Å². The molecule has 1 aromatic carbocycles. The van der Waals surface area contributed by atoms with Gasteiger partial charge in [-0.25, -0.2) is 0 Å². The van der Waals surface area contributed by atoms with Gasteiger partial charge in [-0.1, -0.05) is 55.3 Å². The number of allylic oxidation sites excluding steroid dienone is 4. The molecule has 126 valence electrons. The average Bonchev–Trinajstić information content (AvgIpc) is 3.03. The van der Waals surface area contributed by atoms with Crippen LogP contribution in [0.5, 0.6) is 0 Å². The SMILES string of the molecule is C[C@@]12CCC[C@H]1[C@@H]1CCC3=CC(c4ccccc4)CCC3=C1CC2. The van der Waals surface area contributed by atoms with Crippen LogP contribution in [0.1, 0.15) is 76.2 Å². The highest BCUT2D eigenvalue weighted by atomic mass is 14.5. The van der Waals surface area contributed by atoms with E-state index in [4.69, 9.17) is 0 Å². The maximum Gasteiger partial charge on any atom is 0.00270 e. The van der Waals surface area contributed by atoms with Gasteiger partial charge in [0.15, 0.2) is 0 Å². The van der Waals surface area contributed by atoms with Crippen LogP contribution < -0.4 is 0 Å². The van der Waals surface area contributed by atoms with Crippen molar-refractivity contribution in [2.45, 2.75) is 70.6 Å². The van der Waals surface area contributed by atoms with E-state index in [1.165, 1.54) is 63.4 Å². The molecule has 2 fully saturated rings. The van der Waals surface area contributed by atoms with Crippen molar-refractivity contribution >= 4 is 0 Å². The summed E-state index contributed by atoms with van der Waals surface area (Å²) in [6.45, 7) is 2.60. The van der Waals surface area contributed by atoms with Gasteiger partial charge in [-0.15, -0.1) is 0 Å². The minimum Gasteiger partial charge on any atom is -0.0735 e. The van der Waals surface area contributed by atoms with Gasteiger partial charge in [-0.3, -0.25) is 0 Å². The lowest BCUT2D eigenvalue weighted by Gasteiger charge is -2.47. The Kier molecular flexibility index (Phi) is 3.51. The lowest BCUT2D eigenvalue weighted by molar-refractivity contribution is 0.118. The molecule has 1 unspecified atom stereocenters. The quantitative estimate of drug-likeness (QED) is 0.534. The molecule has 0 spiro atoms. The third-order valence-corrected chi connectivity index (χ3v) is 7.89. The van der Waals surface area contributed by atoms with E-state index in [-0.39, 0.29) is 0 Å². The van der Waals surface area contributed by atoms with Gasteiger partial charge >= 0.3 is 0 Å². The highest BCUT2D eigenvalue weighted by molar-refractivity contribution is 5.45. The van der Waals surface area contributed by atoms with Gasteiger partial charge in [0.05, 0.1) is 0 Å². The monoisotopic (exact) mass is 318 g/mol. The predicted octanol–water partition coefficient (Wildman–Crippen LogP) is 6.80. The molecule has 0 saturated heterocycles. The van der Waals surface area contributed by atoms with Gasteiger partial charge in [-0.2, -0.15) is 0 Å². The van der Waals surface area contributed by atoms with Crippen LogP contribution >= 0.6 is 0 Å². The summed E-state index contributed by atoms with van der Waals surface area (Å²) in [5, 5.41) is 0. The Hall–Kier alpha value is -1.30. The van der Waals surface area contributed by atoms with Crippen LogP contribution in [0.15, 0.2) is 53.1 Å². The third kappa shape index (κ3) is 2.25. The largest absolute Gasteiger partial charge is 0.0735 e. The molecule has 4 aliphatic carbocycles. The summed E-state index contributed by atoms with van der Waals surface area (Å²) in [5.74, 6) is 2.59. The summed E-state index contributed by atoms with van der Waals surface area (Å²) >= 11 is 0. The van der Waals surface area contributed by atoms with E-state index in [1.54, 1.807) is 5.57 Å². The Balaban J connectivity index is 1.48. The second-order valence-corrected chi connectivity index (χ2v) is 9.05. The fourth-order valence-electron chi connectivity index (χ4n) is 6.62. The molecule has 2 saturated carbocycles. The van der Waals surface area contributed by atoms with Gasteiger partial charge in [0.2, 0.25) is 0 Å². The standard InChI is InChI=1S/C24H30/c1-24-14-5-8-23(24)22-12-10-19-16-18(17-6-3-2-4-7-17)9-11-20(19)21(22)13-15-24/h2-4,6-7,16,18,22-23H,5,8-15H2,1H3/t18?,22-,23+,24+/m1/s1. The van der Waals surface area contributed by atoms with Gasteiger partial charge in [0, 0.05) is 5.92 Å². The first-order chi connectivity index (χ1) is 11.7. The molecule has 0 N–H and O–H groups in total. The fourth-order valence-corrected chi connectivity index (χ4v) is 6.62. The molecule has 0 heterocycles. The Morgan fingerprint density at radius 1 is 0.917 bits per heavy atom. The zero-order chi connectivity index (χ0) is 16.1. The van der Waals surface area contributed by atoms with E-state index in [0.717, 1.165) is 11.8 Å². The van der Waals surface area contributed by atoms with E-state index in [0.29, 0.717) is 11.3 Å². The van der Waals surface area contributed by atoms with Crippen molar-refractivity contribution in [1.29, 1.82) is 0 Å². The Bertz CT molecular complexity index is 692. The van der Waals surface area contributed by atoms with E-state index in [9.17, 15) is 0 Å². The topological polar surface area (TPSA) is 0 Å². The highest BCUT2D eigenvalue weighted by Gasteiger charge is 2.48. The molecule has 4 aliphatic rings. The second-order valence-electron chi connectivity index (χ2n) is 9.05. The van der Waals surface area contributed by atoms with Crippen molar-refractivity contribution in [3.05, 3.63) is 58.7 Å². The lowest BCUT2D eigenvalue weighted by Crippen LogP contribution is -2.36. The Morgan fingerprint density at radius 3 is 2.67 bits per heavy atom. The number of benzene rings is 1. The van der Waals surface area contributed by atoms with Crippen molar-refractivity contribution in [1.82, 2.24) is 0 Å². The summed E-state index contributed by atoms with van der Waals surface area (Å²) in [5.41, 5.74) is 7.64. The molecule has 0 aliphatic heterocycles. The normalized spacial score (nSPS) is 38.2. The first-order valence-corrected chi connectivity index (χ1v) is 10.2. The number of hydrogen-bond donors (Lipinski definition) is 0. The van der Waals surface area contributed by atoms with Gasteiger partial charge in [0.1, 0.15) is 0 Å². The molecule has 1 aromatic rings. The number of rotatable bonds is 1. The maximum atomic E-state index is 2.64. The third-order valence-electron chi connectivity index (χ3n) is 7.89. The highest BCUT2D eigenvalue weighted by Crippen LogP contribution is 2.60. The number of fused-ring (bicyclic) bond motifs is 4. The van der Waals surface area contributed by atoms with Crippen molar-refractivity contribution in [3.8, 4) is 0 Å². The van der Waals surface area contributed by atoms with Crippen molar-refractivity contribution in [2.24, 2.45) is 17.3 Å². The molecular weight excluding hydrogens is 288 g/mol. The molecule has 5 rings (SSSR count). The molecule has 0 aromatic heterocycles. The average molecular weight is 319 g/mol. The molecule has 0 nitrogen and oxygen atoms in total. The Morgan fingerprint density at radius 2 is 1.79 bits per heavy atom. The molecule has 0 radical (unpaired) electrons. The van der Waals surface area contributed by atoms with Crippen molar-refractivity contribution in [3.63, 3.8) is 0 Å². The van der Waals surface area contributed by atoms with Crippen LogP contribution in [0.2, 0.25) is 0 Å². The van der Waals surface area contributed by atoms with Crippen LogP contribution in [0.4, 0.5) is 0 Å². The number of hydrogen-bond acceptors (Lipinski definition) is 0. The molecule has 0 heteroatoms. The first kappa shape index (κ1) is 15.0. The van der Waals surface area contributed by atoms with E-state index in [2.05, 4.69) is 43.3 Å². The summed E-state index contributed by atoms with van der Waals surface area (Å²) in [6, 6.07) is 11.2. The van der Waals surface area contributed by atoms with Crippen LogP contribution in [0.3, 0.4) is 0 Å². The molecule has 4 atom stereocenters. The summed E-state index contributed by atoms with van der Waals surface area (Å²) in [4.78, 5) is 0. The zero-order valence-electron chi connectivity index (χ0n) is 15.1. The maximum absolute atomic E-state index is 2.64. The minimum absolute atomic E-state index is 0.655. The summed E-state index contributed by atoms with van der Waals surface area (Å²) in [6.07, 6.45) is 15.4. The molecule has 24 heavy (non-hydrogen) atoms.